The summed E-state index contributed by atoms with van der Waals surface area (Å²) in [6.07, 6.45) is 12.2. The zero-order chi connectivity index (χ0) is 18.5. The molecule has 2 rings (SSSR count). The van der Waals surface area contributed by atoms with Crippen molar-refractivity contribution < 1.29 is 14.2 Å². The summed E-state index contributed by atoms with van der Waals surface area (Å²) in [6, 6.07) is 0. The molecule has 3 nitrogen and oxygen atoms in total. The minimum absolute atomic E-state index is 0.306. The molecule has 148 valence electrons. The lowest BCUT2D eigenvalue weighted by Gasteiger charge is -2.60. The van der Waals surface area contributed by atoms with Gasteiger partial charge in [0.25, 0.3) is 0 Å². The van der Waals surface area contributed by atoms with Crippen molar-refractivity contribution >= 4 is 0 Å². The quantitative estimate of drug-likeness (QED) is 0.403. The molecule has 0 aromatic heterocycles. The molecule has 0 saturated carbocycles. The maximum absolute atomic E-state index is 6.89. The molecule has 0 aromatic rings. The Balaban J connectivity index is 2.16. The van der Waals surface area contributed by atoms with E-state index >= 15 is 0 Å². The smallest absolute Gasteiger partial charge is 0.177 e. The lowest BCUT2D eigenvalue weighted by molar-refractivity contribution is -0.480. The van der Waals surface area contributed by atoms with Gasteiger partial charge in [0.05, 0.1) is 12.2 Å². The van der Waals surface area contributed by atoms with Crippen LogP contribution in [0.2, 0.25) is 0 Å². The molecular weight excluding hydrogens is 312 g/mol. The van der Waals surface area contributed by atoms with Gasteiger partial charge < -0.3 is 14.2 Å². The Morgan fingerprint density at radius 2 is 1.16 bits per heavy atom. The monoisotopic (exact) mass is 354 g/mol. The van der Waals surface area contributed by atoms with Crippen molar-refractivity contribution in [3.63, 3.8) is 0 Å². The van der Waals surface area contributed by atoms with E-state index in [1.54, 1.807) is 0 Å². The van der Waals surface area contributed by atoms with Crippen LogP contribution in [-0.4, -0.2) is 23.8 Å². The molecule has 0 amide bonds. The van der Waals surface area contributed by atoms with Gasteiger partial charge in [0.2, 0.25) is 0 Å². The summed E-state index contributed by atoms with van der Waals surface area (Å²) in [7, 11) is 0. The normalized spacial score (nSPS) is 37.2. The fourth-order valence-corrected chi connectivity index (χ4v) is 4.95. The van der Waals surface area contributed by atoms with Crippen LogP contribution >= 0.6 is 0 Å². The van der Waals surface area contributed by atoms with E-state index in [1.165, 1.54) is 38.5 Å². The van der Waals surface area contributed by atoms with E-state index in [9.17, 15) is 0 Å². The highest BCUT2D eigenvalue weighted by atomic mass is 16.8. The Labute approximate surface area is 156 Å². The minimum atomic E-state index is -0.414. The first-order chi connectivity index (χ1) is 11.9. The summed E-state index contributed by atoms with van der Waals surface area (Å²) < 4.78 is 19.6. The van der Waals surface area contributed by atoms with Crippen LogP contribution in [0.4, 0.5) is 0 Å². The fraction of sp³-hybridized carbons (Fsp3) is 1.00. The zero-order valence-corrected chi connectivity index (χ0v) is 17.6. The molecule has 2 heterocycles. The molecule has 2 fully saturated rings. The molecular formula is C22H42O3. The van der Waals surface area contributed by atoms with E-state index in [-0.39, 0.29) is 0 Å². The van der Waals surface area contributed by atoms with Crippen LogP contribution in [0.15, 0.2) is 0 Å². The second-order valence-corrected chi connectivity index (χ2v) is 8.49. The van der Waals surface area contributed by atoms with Crippen LogP contribution in [0, 0.1) is 11.8 Å². The third-order valence-electron chi connectivity index (χ3n) is 6.33. The van der Waals surface area contributed by atoms with Gasteiger partial charge in [-0.05, 0) is 39.5 Å². The molecule has 3 heteroatoms. The van der Waals surface area contributed by atoms with Crippen molar-refractivity contribution in [3.8, 4) is 0 Å². The van der Waals surface area contributed by atoms with Crippen molar-refractivity contribution in [1.82, 2.24) is 0 Å². The molecule has 0 bridgehead atoms. The number of rotatable bonds is 12. The van der Waals surface area contributed by atoms with E-state index in [0.717, 1.165) is 25.7 Å². The van der Waals surface area contributed by atoms with Gasteiger partial charge in [-0.2, -0.15) is 0 Å². The van der Waals surface area contributed by atoms with Crippen LogP contribution < -0.4 is 0 Å². The van der Waals surface area contributed by atoms with E-state index in [0.29, 0.717) is 24.0 Å². The van der Waals surface area contributed by atoms with E-state index < -0.39 is 11.6 Å². The van der Waals surface area contributed by atoms with E-state index in [1.807, 2.05) is 0 Å². The summed E-state index contributed by atoms with van der Waals surface area (Å²) in [5.74, 6) is 0.124. The Hall–Kier alpha value is -0.120. The van der Waals surface area contributed by atoms with Gasteiger partial charge in [-0.3, -0.25) is 0 Å². The van der Waals surface area contributed by atoms with Gasteiger partial charge in [0.1, 0.15) is 0 Å². The minimum Gasteiger partial charge on any atom is -0.346 e. The number of hydrogen-bond acceptors (Lipinski definition) is 3. The highest BCUT2D eigenvalue weighted by molar-refractivity contribution is 4.97. The number of hydrogen-bond donors (Lipinski definition) is 0. The highest BCUT2D eigenvalue weighted by Crippen LogP contribution is 2.53. The van der Waals surface area contributed by atoms with Gasteiger partial charge in [-0.15, -0.1) is 0 Å². The summed E-state index contributed by atoms with van der Waals surface area (Å²) in [5.41, 5.74) is 0. The summed E-state index contributed by atoms with van der Waals surface area (Å²) >= 11 is 0. The zero-order valence-electron chi connectivity index (χ0n) is 17.6. The first-order valence-corrected chi connectivity index (χ1v) is 11.0. The second-order valence-electron chi connectivity index (χ2n) is 8.49. The number of unbranched alkanes of at least 4 members (excludes halogenated alkanes) is 2. The largest absolute Gasteiger partial charge is 0.346 e. The Morgan fingerprint density at radius 3 is 1.40 bits per heavy atom. The van der Waals surface area contributed by atoms with Gasteiger partial charge in [0, 0.05) is 24.7 Å². The topological polar surface area (TPSA) is 27.7 Å². The maximum atomic E-state index is 6.89. The van der Waals surface area contributed by atoms with Crippen LogP contribution in [-0.2, 0) is 14.2 Å². The Bertz CT molecular complexity index is 347. The van der Waals surface area contributed by atoms with Gasteiger partial charge in [0.15, 0.2) is 11.6 Å². The van der Waals surface area contributed by atoms with Gasteiger partial charge in [-0.25, -0.2) is 0 Å². The average molecular weight is 355 g/mol. The van der Waals surface area contributed by atoms with Crippen molar-refractivity contribution in [1.29, 1.82) is 0 Å². The highest BCUT2D eigenvalue weighted by Gasteiger charge is 2.59. The molecule has 0 aromatic carbocycles. The van der Waals surface area contributed by atoms with Crippen LogP contribution in [0.25, 0.3) is 0 Å². The predicted molar refractivity (Wildman–Crippen MR) is 103 cm³/mol. The first-order valence-electron chi connectivity index (χ1n) is 11.0. The first kappa shape index (κ1) is 21.2. The SMILES string of the molecule is CCCCC(CC)C1(OC2(C(CC)CCCC)CC(C)O2)CC(C)O1. The average Bonchev–Trinajstić information content (AvgIpc) is 2.53. The molecule has 0 aliphatic carbocycles. The Kier molecular flexibility index (Phi) is 7.79. The number of ether oxygens (including phenoxy) is 3. The summed E-state index contributed by atoms with van der Waals surface area (Å²) in [6.45, 7) is 13.4. The second kappa shape index (κ2) is 9.19. The van der Waals surface area contributed by atoms with E-state index in [2.05, 4.69) is 41.5 Å². The standard InChI is InChI=1S/C22H42O3/c1-7-11-13-19(9-3)21(15-17(5)23-21)25-22(16-18(6)24-22)20(10-4)14-12-8-2/h17-20H,7-16H2,1-6H3. The maximum Gasteiger partial charge on any atom is 0.177 e. The van der Waals surface area contributed by atoms with Crippen LogP contribution in [0.1, 0.15) is 106 Å². The van der Waals surface area contributed by atoms with Crippen molar-refractivity contribution in [3.05, 3.63) is 0 Å². The molecule has 2 aliphatic rings. The molecule has 2 saturated heterocycles. The van der Waals surface area contributed by atoms with Crippen molar-refractivity contribution in [2.75, 3.05) is 0 Å². The summed E-state index contributed by atoms with van der Waals surface area (Å²) in [5, 5.41) is 0. The molecule has 25 heavy (non-hydrogen) atoms. The van der Waals surface area contributed by atoms with Crippen LogP contribution in [0.3, 0.4) is 0 Å². The summed E-state index contributed by atoms with van der Waals surface area (Å²) in [4.78, 5) is 0. The lowest BCUT2D eigenvalue weighted by Crippen LogP contribution is -2.66. The molecule has 0 N–H and O–H groups in total. The van der Waals surface area contributed by atoms with Crippen molar-refractivity contribution in [2.24, 2.45) is 11.8 Å². The molecule has 6 atom stereocenters. The Morgan fingerprint density at radius 1 is 0.800 bits per heavy atom. The predicted octanol–water partition coefficient (Wildman–Crippen LogP) is 6.45. The molecule has 0 radical (unpaired) electrons. The van der Waals surface area contributed by atoms with Gasteiger partial charge in [-0.1, -0.05) is 53.4 Å². The molecule has 6 unspecified atom stereocenters. The van der Waals surface area contributed by atoms with Gasteiger partial charge >= 0.3 is 0 Å². The van der Waals surface area contributed by atoms with Crippen molar-refractivity contribution in [2.45, 2.75) is 130 Å². The van der Waals surface area contributed by atoms with Crippen LogP contribution in [0.5, 0.6) is 0 Å². The fourth-order valence-electron chi connectivity index (χ4n) is 4.95. The molecule has 2 aliphatic heterocycles. The lowest BCUT2D eigenvalue weighted by atomic mass is 9.79. The molecule has 0 spiro atoms. The third-order valence-corrected chi connectivity index (χ3v) is 6.33. The third kappa shape index (κ3) is 4.59. The van der Waals surface area contributed by atoms with E-state index in [4.69, 9.17) is 14.2 Å².